The number of alkyl halides is 2. The maximum atomic E-state index is 14.5. The Morgan fingerprint density at radius 2 is 1.84 bits per heavy atom. The van der Waals surface area contributed by atoms with E-state index in [2.05, 4.69) is 9.97 Å². The maximum Gasteiger partial charge on any atom is 0.296 e. The van der Waals surface area contributed by atoms with Crippen molar-refractivity contribution in [3.8, 4) is 0 Å². The Bertz CT molecular complexity index is 1200. The van der Waals surface area contributed by atoms with Crippen LogP contribution in [0.15, 0.2) is 42.9 Å². The highest BCUT2D eigenvalue weighted by Crippen LogP contribution is 2.51. The molecule has 1 aromatic carbocycles. The Morgan fingerprint density at radius 1 is 1.06 bits per heavy atom. The van der Waals surface area contributed by atoms with Gasteiger partial charge in [-0.15, -0.1) is 0 Å². The highest BCUT2D eigenvalue weighted by Gasteiger charge is 2.60. The minimum Gasteiger partial charge on any atom is -0.364 e. The van der Waals surface area contributed by atoms with E-state index in [0.29, 0.717) is 21.7 Å². The molecule has 0 saturated carbocycles. The molecule has 3 aliphatic heterocycles. The molecule has 0 N–H and O–H groups in total. The van der Waals surface area contributed by atoms with Gasteiger partial charge in [-0.05, 0) is 25.5 Å². The lowest BCUT2D eigenvalue weighted by atomic mass is 9.90. The number of hydrogen-bond donors (Lipinski definition) is 0. The Labute approximate surface area is 187 Å². The third-order valence-corrected chi connectivity index (χ3v) is 6.50. The van der Waals surface area contributed by atoms with Gasteiger partial charge in [0.05, 0.1) is 5.39 Å². The van der Waals surface area contributed by atoms with Crippen LogP contribution in [-0.4, -0.2) is 45.2 Å². The van der Waals surface area contributed by atoms with Crippen LogP contribution in [0.2, 0.25) is 5.15 Å². The molecule has 32 heavy (non-hydrogen) atoms. The predicted molar refractivity (Wildman–Crippen MR) is 109 cm³/mol. The van der Waals surface area contributed by atoms with Crippen LogP contribution in [0.5, 0.6) is 0 Å². The molecule has 3 aliphatic rings. The van der Waals surface area contributed by atoms with Crippen LogP contribution in [0.1, 0.15) is 37.3 Å². The summed E-state index contributed by atoms with van der Waals surface area (Å²) in [6.07, 6.45) is 0.123. The van der Waals surface area contributed by atoms with E-state index >= 15 is 0 Å². The second kappa shape index (κ2) is 6.91. The average molecular weight is 464 g/mol. The minimum atomic E-state index is -3.07. The van der Waals surface area contributed by atoms with Gasteiger partial charge in [0.25, 0.3) is 5.92 Å². The number of ether oxygens (including phenoxy) is 4. The van der Waals surface area contributed by atoms with Gasteiger partial charge in [0.15, 0.2) is 12.0 Å². The second-order valence-electron chi connectivity index (χ2n) is 8.70. The van der Waals surface area contributed by atoms with Crippen molar-refractivity contribution < 1.29 is 27.7 Å². The van der Waals surface area contributed by atoms with Crippen molar-refractivity contribution in [3.63, 3.8) is 0 Å². The quantitative estimate of drug-likeness (QED) is 0.526. The maximum absolute atomic E-state index is 14.5. The summed E-state index contributed by atoms with van der Waals surface area (Å²) in [5, 5.41) is 1.00. The molecular formula is C22H20ClF2N3O4. The molecule has 5 heterocycles. The Kier molecular flexibility index (Phi) is 4.42. The van der Waals surface area contributed by atoms with Crippen molar-refractivity contribution in [2.45, 2.75) is 56.2 Å². The molecule has 0 spiro atoms. The summed E-state index contributed by atoms with van der Waals surface area (Å²) in [5.41, 5.74) is 0.923. The molecule has 0 unspecified atom stereocenters. The van der Waals surface area contributed by atoms with Crippen molar-refractivity contribution in [2.75, 3.05) is 6.61 Å². The summed E-state index contributed by atoms with van der Waals surface area (Å²) in [6.45, 7) is 2.91. The van der Waals surface area contributed by atoms with Gasteiger partial charge in [-0.1, -0.05) is 35.9 Å². The van der Waals surface area contributed by atoms with E-state index in [0.717, 1.165) is 0 Å². The molecule has 6 rings (SSSR count). The first-order chi connectivity index (χ1) is 15.3. The van der Waals surface area contributed by atoms with Gasteiger partial charge < -0.3 is 23.5 Å². The number of nitrogens with zero attached hydrogens (tertiary/aromatic N) is 3. The lowest BCUT2D eigenvalue weighted by Gasteiger charge is -2.36. The molecular weight excluding hydrogens is 444 g/mol. The molecule has 0 radical (unpaired) electrons. The first kappa shape index (κ1) is 20.4. The predicted octanol–water partition coefficient (Wildman–Crippen LogP) is 4.37. The number of halogens is 3. The first-order valence-corrected chi connectivity index (χ1v) is 10.7. The lowest BCUT2D eigenvalue weighted by Crippen LogP contribution is -2.40. The van der Waals surface area contributed by atoms with Gasteiger partial charge in [-0.2, -0.15) is 8.78 Å². The van der Waals surface area contributed by atoms with E-state index in [1.165, 1.54) is 12.4 Å². The Morgan fingerprint density at radius 3 is 2.69 bits per heavy atom. The number of hydrogen-bond acceptors (Lipinski definition) is 6. The van der Waals surface area contributed by atoms with Crippen molar-refractivity contribution in [2.24, 2.45) is 0 Å². The number of fused-ring (bicyclic) bond motifs is 3. The lowest BCUT2D eigenvalue weighted by molar-refractivity contribution is -0.222. The van der Waals surface area contributed by atoms with Gasteiger partial charge >= 0.3 is 0 Å². The molecule has 2 saturated heterocycles. The zero-order valence-electron chi connectivity index (χ0n) is 17.2. The largest absolute Gasteiger partial charge is 0.364 e. The smallest absolute Gasteiger partial charge is 0.296 e. The molecule has 0 amide bonds. The standard InChI is InChI=1S/C22H20ClF2N3O4/c1-21(2)31-16-15(14-11-5-3-4-6-13(11)22(24,25)9-29-14)30-20(17(16)32-21)28-8-7-12-18(23)26-10-27-19(12)28/h3-8,10,14-17,20H,9H2,1-2H3/t14-,15-,16-,17-,20-/m1/s1. The van der Waals surface area contributed by atoms with Gasteiger partial charge in [0.1, 0.15) is 48.2 Å². The SMILES string of the molecule is CC1(C)O[C@H]2[C@@H](O1)[C@H](n1ccc3c(Cl)ncnc31)O[C@@H]2[C@@H]1OCC(F)(F)c2ccccc21. The first-order valence-electron chi connectivity index (χ1n) is 10.3. The van der Waals surface area contributed by atoms with Crippen molar-refractivity contribution in [1.29, 1.82) is 0 Å². The molecule has 5 atom stereocenters. The van der Waals surface area contributed by atoms with E-state index in [-0.39, 0.29) is 5.56 Å². The Hall–Kier alpha value is -2.17. The topological polar surface area (TPSA) is 67.6 Å². The number of rotatable bonds is 2. The average Bonchev–Trinajstić information content (AvgIpc) is 3.40. The fraction of sp³-hybridized carbons (Fsp3) is 0.455. The number of aromatic nitrogens is 3. The van der Waals surface area contributed by atoms with E-state index < -0.39 is 49.0 Å². The molecule has 7 nitrogen and oxygen atoms in total. The van der Waals surface area contributed by atoms with Gasteiger partial charge in [0.2, 0.25) is 0 Å². The molecule has 0 aliphatic carbocycles. The minimum absolute atomic E-state index is 0.0519. The fourth-order valence-corrected chi connectivity index (χ4v) is 5.12. The third kappa shape index (κ3) is 2.99. The highest BCUT2D eigenvalue weighted by atomic mass is 35.5. The van der Waals surface area contributed by atoms with Crippen molar-refractivity contribution in [1.82, 2.24) is 14.5 Å². The van der Waals surface area contributed by atoms with Gasteiger partial charge in [0, 0.05) is 11.8 Å². The molecule has 10 heteroatoms. The summed E-state index contributed by atoms with van der Waals surface area (Å²) in [7, 11) is 0. The monoisotopic (exact) mass is 463 g/mol. The summed E-state index contributed by atoms with van der Waals surface area (Å²) in [5.74, 6) is -3.94. The summed E-state index contributed by atoms with van der Waals surface area (Å²) in [4.78, 5) is 8.37. The van der Waals surface area contributed by atoms with E-state index in [1.807, 2.05) is 18.4 Å². The van der Waals surface area contributed by atoms with Gasteiger partial charge in [-0.3, -0.25) is 0 Å². The van der Waals surface area contributed by atoms with Crippen molar-refractivity contribution in [3.05, 3.63) is 59.1 Å². The van der Waals surface area contributed by atoms with E-state index in [4.69, 9.17) is 30.5 Å². The van der Waals surface area contributed by atoms with Crippen LogP contribution in [0.25, 0.3) is 11.0 Å². The zero-order valence-corrected chi connectivity index (χ0v) is 18.0. The molecule has 168 valence electrons. The molecule has 3 aromatic rings. The van der Waals surface area contributed by atoms with Crippen molar-refractivity contribution >= 4 is 22.6 Å². The van der Waals surface area contributed by atoms with Crippen LogP contribution in [0, 0.1) is 0 Å². The second-order valence-corrected chi connectivity index (χ2v) is 9.06. The molecule has 2 aromatic heterocycles. The third-order valence-electron chi connectivity index (χ3n) is 6.20. The molecule has 2 fully saturated rings. The van der Waals surface area contributed by atoms with Gasteiger partial charge in [-0.25, -0.2) is 9.97 Å². The van der Waals surface area contributed by atoms with Crippen LogP contribution in [-0.2, 0) is 24.9 Å². The Balaban J connectivity index is 1.43. The van der Waals surface area contributed by atoms with Crippen LogP contribution >= 0.6 is 11.6 Å². The summed E-state index contributed by atoms with van der Waals surface area (Å²) >= 11 is 6.21. The van der Waals surface area contributed by atoms with E-state index in [9.17, 15) is 8.78 Å². The van der Waals surface area contributed by atoms with E-state index in [1.54, 1.807) is 30.5 Å². The number of benzene rings is 1. The fourth-order valence-electron chi connectivity index (χ4n) is 4.93. The normalized spacial score (nSPS) is 32.7. The highest BCUT2D eigenvalue weighted by molar-refractivity contribution is 6.33. The van der Waals surface area contributed by atoms with Crippen LogP contribution in [0.3, 0.4) is 0 Å². The summed E-state index contributed by atoms with van der Waals surface area (Å²) in [6, 6.07) is 8.21. The van der Waals surface area contributed by atoms with Crippen LogP contribution < -0.4 is 0 Å². The summed E-state index contributed by atoms with van der Waals surface area (Å²) < 4.78 is 55.3. The zero-order chi connectivity index (χ0) is 22.3. The molecule has 0 bridgehead atoms. The van der Waals surface area contributed by atoms with Crippen LogP contribution in [0.4, 0.5) is 8.78 Å².